The second kappa shape index (κ2) is 20.4. The number of amides is 5. The number of carbonyl (C=O) groups is 5. The minimum Gasteiger partial charge on any atom is -0.379 e. The number of rotatable bonds is 20. The molecule has 3 aliphatic rings. The molecule has 15 nitrogen and oxygen atoms in total. The number of carbonyl (C=O) groups excluding carboxylic acids is 5. The average Bonchev–Trinajstić information content (AvgIpc) is 3.94. The summed E-state index contributed by atoms with van der Waals surface area (Å²) in [7, 11) is 0.832. The highest BCUT2D eigenvalue weighted by Crippen LogP contribution is 2.35. The van der Waals surface area contributed by atoms with Crippen LogP contribution in [0.1, 0.15) is 85.1 Å². The van der Waals surface area contributed by atoms with Gasteiger partial charge in [0.15, 0.2) is 0 Å². The van der Waals surface area contributed by atoms with E-state index in [1.807, 2.05) is 38.5 Å². The third-order valence-corrected chi connectivity index (χ3v) is 12.9. The molecule has 2 saturated heterocycles. The summed E-state index contributed by atoms with van der Waals surface area (Å²) in [4.78, 5) is 72.1. The number of nitrogens with one attached hydrogen (secondary N) is 4. The highest BCUT2D eigenvalue weighted by Gasteiger charge is 2.46. The van der Waals surface area contributed by atoms with Gasteiger partial charge in [-0.15, -0.1) is 0 Å². The number of benzene rings is 1. The first kappa shape index (κ1) is 46.1. The van der Waals surface area contributed by atoms with Gasteiger partial charge in [-0.3, -0.25) is 28.7 Å². The van der Waals surface area contributed by atoms with Gasteiger partial charge in [-0.2, -0.15) is 0 Å². The average molecular weight is 819 g/mol. The fraction of sp³-hybridized carbons (Fsp3) is 0.732. The van der Waals surface area contributed by atoms with Gasteiger partial charge < -0.3 is 35.2 Å². The van der Waals surface area contributed by atoms with Gasteiger partial charge in [0.2, 0.25) is 33.7 Å². The molecule has 1 aromatic rings. The first-order valence-corrected chi connectivity index (χ1v) is 22.3. The van der Waals surface area contributed by atoms with Gasteiger partial charge in [0.05, 0.1) is 48.9 Å². The standard InChI is InChI=1S/C41H66N6O9S/c1-10-25(4)36(46(6)41(52)34(24(2)3)44-40(51)35-28-18-19-29(22-28)42-35)32(55-7)23-33(48)47-20-14-17-31(47)37(56-8)26(5)38(49)43-30(39(50)45-57(9,53)54)21-27-15-12-11-13-16-27/h11-13,15-16,24-26,28-32,34-37,42H,10,14,17-23H2,1-9H3,(H,43,49)(H,44,51)(H,45,50)/t25-,26+,28-,29+,30-,31-,32+,34-,35-,36-,37+/m0/s1. The Labute approximate surface area is 339 Å². The molecule has 0 aromatic heterocycles. The zero-order valence-electron chi connectivity index (χ0n) is 35.2. The minimum atomic E-state index is -3.89. The smallest absolute Gasteiger partial charge is 0.256 e. The van der Waals surface area contributed by atoms with Gasteiger partial charge in [0, 0.05) is 40.3 Å². The molecule has 2 heterocycles. The summed E-state index contributed by atoms with van der Waals surface area (Å²) in [6.45, 7) is 9.96. The third-order valence-electron chi connectivity index (χ3n) is 12.3. The SMILES string of the molecule is CC[C@H](C)[C@@H]([C@@H](CC(=O)N1CCC[C@H]1[C@H](OC)[C@@H](C)C(=O)N[C@@H](Cc1ccccc1)C(=O)NS(C)(=O)=O)OC)N(C)C(=O)[C@@H](NC(=O)[C@H]1N[C@@H]2CC[C@H]1C2)C(C)C. The lowest BCUT2D eigenvalue weighted by Gasteiger charge is -2.41. The molecular formula is C41H66N6O9S. The summed E-state index contributed by atoms with van der Waals surface area (Å²) < 4.78 is 37.7. The third kappa shape index (κ3) is 11.8. The van der Waals surface area contributed by atoms with Gasteiger partial charge in [-0.05, 0) is 55.4 Å². The summed E-state index contributed by atoms with van der Waals surface area (Å²) in [5, 5.41) is 9.21. The molecule has 320 valence electrons. The van der Waals surface area contributed by atoms with E-state index in [1.165, 1.54) is 14.2 Å². The highest BCUT2D eigenvalue weighted by atomic mass is 32.2. The van der Waals surface area contributed by atoms with Crippen molar-refractivity contribution in [3.05, 3.63) is 35.9 Å². The molecule has 4 rings (SSSR count). The summed E-state index contributed by atoms with van der Waals surface area (Å²) in [6.07, 6.45) is 4.49. The Morgan fingerprint density at radius 3 is 2.19 bits per heavy atom. The molecule has 0 unspecified atom stereocenters. The maximum atomic E-state index is 14.3. The van der Waals surface area contributed by atoms with Crippen molar-refractivity contribution >= 4 is 39.6 Å². The molecule has 2 aliphatic heterocycles. The van der Waals surface area contributed by atoms with Crippen molar-refractivity contribution in [2.24, 2.45) is 23.7 Å². The van der Waals surface area contributed by atoms with Crippen molar-refractivity contribution in [2.45, 2.75) is 134 Å². The zero-order valence-corrected chi connectivity index (χ0v) is 36.0. The van der Waals surface area contributed by atoms with E-state index in [9.17, 15) is 32.4 Å². The van der Waals surface area contributed by atoms with Crippen molar-refractivity contribution in [2.75, 3.05) is 34.1 Å². The lowest BCUT2D eigenvalue weighted by atomic mass is 9.89. The summed E-state index contributed by atoms with van der Waals surface area (Å²) in [6, 6.07) is 6.09. The Hall–Kier alpha value is -3.60. The summed E-state index contributed by atoms with van der Waals surface area (Å²) in [5.74, 6) is -2.78. The Balaban J connectivity index is 1.47. The monoisotopic (exact) mass is 818 g/mol. The zero-order chi connectivity index (χ0) is 42.2. The molecule has 16 heteroatoms. The van der Waals surface area contributed by atoms with Crippen LogP contribution >= 0.6 is 0 Å². The summed E-state index contributed by atoms with van der Waals surface area (Å²) in [5.41, 5.74) is 0.725. The number of piperidine rings is 1. The highest BCUT2D eigenvalue weighted by molar-refractivity contribution is 7.89. The van der Waals surface area contributed by atoms with E-state index >= 15 is 0 Å². The van der Waals surface area contributed by atoms with Crippen molar-refractivity contribution in [1.82, 2.24) is 30.5 Å². The number of fused-ring (bicyclic) bond motifs is 2. The quantitative estimate of drug-likeness (QED) is 0.151. The Morgan fingerprint density at radius 2 is 1.65 bits per heavy atom. The molecule has 1 aromatic carbocycles. The van der Waals surface area contributed by atoms with Crippen molar-refractivity contribution in [3.8, 4) is 0 Å². The van der Waals surface area contributed by atoms with E-state index in [0.29, 0.717) is 31.8 Å². The number of hydrogen-bond donors (Lipinski definition) is 4. The van der Waals surface area contributed by atoms with Gasteiger partial charge in [0.25, 0.3) is 5.91 Å². The minimum absolute atomic E-state index is 0.0325. The largest absolute Gasteiger partial charge is 0.379 e. The van der Waals surface area contributed by atoms with E-state index in [0.717, 1.165) is 31.1 Å². The Bertz CT molecular complexity index is 1660. The lowest BCUT2D eigenvalue weighted by Crippen LogP contribution is -2.60. The van der Waals surface area contributed by atoms with Crippen LogP contribution in [0.2, 0.25) is 0 Å². The second-order valence-electron chi connectivity index (χ2n) is 16.7. The lowest BCUT2D eigenvalue weighted by molar-refractivity contribution is -0.148. The van der Waals surface area contributed by atoms with Crippen molar-refractivity contribution < 1.29 is 41.9 Å². The normalized spacial score (nSPS) is 24.2. The van der Waals surface area contributed by atoms with Crippen LogP contribution in [0.4, 0.5) is 0 Å². The summed E-state index contributed by atoms with van der Waals surface area (Å²) >= 11 is 0. The van der Waals surface area contributed by atoms with Gasteiger partial charge in [-0.1, -0.05) is 71.4 Å². The van der Waals surface area contributed by atoms with Crippen LogP contribution in [0.15, 0.2) is 30.3 Å². The Kier molecular flexibility index (Phi) is 16.5. The van der Waals surface area contributed by atoms with E-state index in [-0.39, 0.29) is 54.4 Å². The molecule has 4 N–H and O–H groups in total. The van der Waals surface area contributed by atoms with Crippen LogP contribution in [-0.2, 0) is 49.9 Å². The predicted molar refractivity (Wildman–Crippen MR) is 216 cm³/mol. The molecule has 1 saturated carbocycles. The predicted octanol–water partition coefficient (Wildman–Crippen LogP) is 1.99. The molecular weight excluding hydrogens is 753 g/mol. The first-order chi connectivity index (χ1) is 26.9. The van der Waals surface area contributed by atoms with Crippen molar-refractivity contribution in [1.29, 1.82) is 0 Å². The number of sulfonamides is 1. The molecule has 3 fully saturated rings. The van der Waals surface area contributed by atoms with Gasteiger partial charge in [0.1, 0.15) is 12.1 Å². The number of nitrogens with zero attached hydrogens (tertiary/aromatic N) is 2. The Morgan fingerprint density at radius 1 is 0.965 bits per heavy atom. The van der Waals surface area contributed by atoms with Crippen LogP contribution in [-0.4, -0.2) is 130 Å². The van der Waals surface area contributed by atoms with Gasteiger partial charge in [-0.25, -0.2) is 8.42 Å². The molecule has 0 radical (unpaired) electrons. The van der Waals surface area contributed by atoms with Crippen LogP contribution in [0.25, 0.3) is 0 Å². The van der Waals surface area contributed by atoms with Gasteiger partial charge >= 0.3 is 0 Å². The molecule has 0 spiro atoms. The van der Waals surface area contributed by atoms with Crippen LogP contribution in [0.5, 0.6) is 0 Å². The van der Waals surface area contributed by atoms with Crippen LogP contribution in [0.3, 0.4) is 0 Å². The molecule has 2 bridgehead atoms. The van der Waals surface area contributed by atoms with E-state index in [1.54, 1.807) is 48.0 Å². The second-order valence-corrected chi connectivity index (χ2v) is 18.5. The fourth-order valence-electron chi connectivity index (χ4n) is 9.05. The molecule has 57 heavy (non-hydrogen) atoms. The fourth-order valence-corrected chi connectivity index (χ4v) is 9.56. The maximum Gasteiger partial charge on any atom is 0.256 e. The van der Waals surface area contributed by atoms with E-state index in [4.69, 9.17) is 9.47 Å². The number of hydrogen-bond acceptors (Lipinski definition) is 10. The number of likely N-dealkylation sites (tertiary alicyclic amines) is 1. The molecule has 11 atom stereocenters. The molecule has 1 aliphatic carbocycles. The van der Waals surface area contributed by atoms with E-state index < -0.39 is 64.1 Å². The number of ether oxygens (including phenoxy) is 2. The van der Waals surface area contributed by atoms with Crippen LogP contribution in [0, 0.1) is 23.7 Å². The number of likely N-dealkylation sites (N-methyl/N-ethyl adjacent to an activating group) is 1. The van der Waals surface area contributed by atoms with Crippen LogP contribution < -0.4 is 20.7 Å². The van der Waals surface area contributed by atoms with E-state index in [2.05, 4.69) is 16.0 Å². The first-order valence-electron chi connectivity index (χ1n) is 20.4. The van der Waals surface area contributed by atoms with Crippen molar-refractivity contribution in [3.63, 3.8) is 0 Å². The number of methoxy groups -OCH3 is 2. The maximum absolute atomic E-state index is 14.3. The topological polar surface area (TPSA) is 193 Å². The molecule has 5 amide bonds.